The van der Waals surface area contributed by atoms with Crippen molar-refractivity contribution in [2.45, 2.75) is 33.2 Å². The van der Waals surface area contributed by atoms with Gasteiger partial charge in [-0.3, -0.25) is 4.79 Å². The number of carbonyl (C=O) groups is 1. The second-order valence-corrected chi connectivity index (χ2v) is 3.68. The molecule has 0 heterocycles. The van der Waals surface area contributed by atoms with Crippen LogP contribution in [0.1, 0.15) is 27.2 Å². The van der Waals surface area contributed by atoms with Crippen LogP contribution in [-0.2, 0) is 4.79 Å². The first-order valence-corrected chi connectivity index (χ1v) is 5.22. The van der Waals surface area contributed by atoms with Crippen LogP contribution in [0.25, 0.3) is 0 Å². The smallest absolute Gasteiger partial charge is 0.233 e. The van der Waals surface area contributed by atoms with Crippen LogP contribution in [0.15, 0.2) is 0 Å². The summed E-state index contributed by atoms with van der Waals surface area (Å²) in [7, 11) is 0. The van der Waals surface area contributed by atoms with Crippen LogP contribution >= 0.6 is 0 Å². The van der Waals surface area contributed by atoms with Crippen molar-refractivity contribution in [3.8, 4) is 0 Å². The fraction of sp³-hybridized carbons (Fsp3) is 0.900. The standard InChI is InChI=1S/C10H22N2O2/c1-4-5-11-10(14)6-12-9(3)8(2)7-13/h8-9,12-13H,4-7H2,1-3H3,(H,11,14). The van der Waals surface area contributed by atoms with Gasteiger partial charge in [0.2, 0.25) is 5.91 Å². The van der Waals surface area contributed by atoms with Gasteiger partial charge in [0.15, 0.2) is 0 Å². The van der Waals surface area contributed by atoms with E-state index in [4.69, 9.17) is 5.11 Å². The largest absolute Gasteiger partial charge is 0.396 e. The molecule has 0 radical (unpaired) electrons. The van der Waals surface area contributed by atoms with Crippen molar-refractivity contribution in [3.05, 3.63) is 0 Å². The molecule has 0 aromatic rings. The summed E-state index contributed by atoms with van der Waals surface area (Å²) < 4.78 is 0. The fourth-order valence-corrected chi connectivity index (χ4v) is 0.940. The maximum atomic E-state index is 11.2. The topological polar surface area (TPSA) is 61.4 Å². The summed E-state index contributed by atoms with van der Waals surface area (Å²) in [6.45, 7) is 7.13. The molecule has 0 fully saturated rings. The SMILES string of the molecule is CCCNC(=O)CNC(C)C(C)CO. The van der Waals surface area contributed by atoms with Crippen LogP contribution in [0, 0.1) is 5.92 Å². The molecule has 1 amide bonds. The summed E-state index contributed by atoms with van der Waals surface area (Å²) in [6, 6.07) is 0.160. The van der Waals surface area contributed by atoms with Gasteiger partial charge in [0, 0.05) is 19.2 Å². The lowest BCUT2D eigenvalue weighted by molar-refractivity contribution is -0.120. The van der Waals surface area contributed by atoms with E-state index < -0.39 is 0 Å². The lowest BCUT2D eigenvalue weighted by atomic mass is 10.1. The van der Waals surface area contributed by atoms with E-state index in [1.807, 2.05) is 20.8 Å². The van der Waals surface area contributed by atoms with E-state index in [-0.39, 0.29) is 24.5 Å². The molecule has 0 aliphatic carbocycles. The van der Waals surface area contributed by atoms with E-state index in [0.717, 1.165) is 13.0 Å². The zero-order chi connectivity index (χ0) is 11.0. The Balaban J connectivity index is 3.55. The molecule has 3 N–H and O–H groups in total. The first-order chi connectivity index (χ1) is 6.61. The molecule has 0 bridgehead atoms. The van der Waals surface area contributed by atoms with Gasteiger partial charge in [-0.25, -0.2) is 0 Å². The third kappa shape index (κ3) is 5.94. The van der Waals surface area contributed by atoms with Crippen molar-refractivity contribution in [2.24, 2.45) is 5.92 Å². The summed E-state index contributed by atoms with van der Waals surface area (Å²) in [4.78, 5) is 11.2. The lowest BCUT2D eigenvalue weighted by Gasteiger charge is -2.18. The van der Waals surface area contributed by atoms with Crippen molar-refractivity contribution in [2.75, 3.05) is 19.7 Å². The monoisotopic (exact) mass is 202 g/mol. The van der Waals surface area contributed by atoms with Crippen molar-refractivity contribution in [3.63, 3.8) is 0 Å². The molecular formula is C10H22N2O2. The minimum Gasteiger partial charge on any atom is -0.396 e. The van der Waals surface area contributed by atoms with E-state index in [9.17, 15) is 4.79 Å². The highest BCUT2D eigenvalue weighted by molar-refractivity contribution is 5.77. The summed E-state index contributed by atoms with van der Waals surface area (Å²) in [5, 5.41) is 14.7. The number of amides is 1. The van der Waals surface area contributed by atoms with Crippen LogP contribution in [-0.4, -0.2) is 36.8 Å². The van der Waals surface area contributed by atoms with Gasteiger partial charge < -0.3 is 15.7 Å². The van der Waals surface area contributed by atoms with Crippen LogP contribution in [0.2, 0.25) is 0 Å². The van der Waals surface area contributed by atoms with E-state index in [1.54, 1.807) is 0 Å². The number of carbonyl (C=O) groups excluding carboxylic acids is 1. The molecule has 0 spiro atoms. The quantitative estimate of drug-likeness (QED) is 0.549. The molecule has 0 aromatic heterocycles. The molecule has 4 nitrogen and oxygen atoms in total. The number of nitrogens with one attached hydrogen (secondary N) is 2. The van der Waals surface area contributed by atoms with Crippen molar-refractivity contribution in [1.82, 2.24) is 10.6 Å². The number of hydrogen-bond donors (Lipinski definition) is 3. The van der Waals surface area contributed by atoms with Gasteiger partial charge in [0.25, 0.3) is 0 Å². The highest BCUT2D eigenvalue weighted by Gasteiger charge is 2.11. The third-order valence-electron chi connectivity index (χ3n) is 2.30. The van der Waals surface area contributed by atoms with E-state index >= 15 is 0 Å². The van der Waals surface area contributed by atoms with Gasteiger partial charge in [-0.05, 0) is 19.3 Å². The molecule has 14 heavy (non-hydrogen) atoms. The molecule has 0 rings (SSSR count). The first-order valence-electron chi connectivity index (χ1n) is 5.22. The molecule has 84 valence electrons. The van der Waals surface area contributed by atoms with Crippen molar-refractivity contribution in [1.29, 1.82) is 0 Å². The Labute approximate surface area is 86.1 Å². The Morgan fingerprint density at radius 2 is 2.07 bits per heavy atom. The number of hydrogen-bond acceptors (Lipinski definition) is 3. The van der Waals surface area contributed by atoms with Crippen LogP contribution in [0.5, 0.6) is 0 Å². The van der Waals surface area contributed by atoms with Crippen LogP contribution in [0.4, 0.5) is 0 Å². The molecular weight excluding hydrogens is 180 g/mol. The number of aliphatic hydroxyl groups is 1. The minimum absolute atomic E-state index is 0.0174. The Kier molecular flexibility index (Phi) is 7.42. The Morgan fingerprint density at radius 3 is 2.57 bits per heavy atom. The lowest BCUT2D eigenvalue weighted by Crippen LogP contribution is -2.41. The third-order valence-corrected chi connectivity index (χ3v) is 2.30. The van der Waals surface area contributed by atoms with Gasteiger partial charge in [0.1, 0.15) is 0 Å². The van der Waals surface area contributed by atoms with Gasteiger partial charge in [-0.2, -0.15) is 0 Å². The molecule has 0 aliphatic heterocycles. The van der Waals surface area contributed by atoms with Gasteiger partial charge in [-0.1, -0.05) is 13.8 Å². The van der Waals surface area contributed by atoms with Gasteiger partial charge in [-0.15, -0.1) is 0 Å². The molecule has 0 saturated heterocycles. The maximum Gasteiger partial charge on any atom is 0.233 e. The average molecular weight is 202 g/mol. The number of rotatable bonds is 7. The Morgan fingerprint density at radius 1 is 1.43 bits per heavy atom. The summed E-state index contributed by atoms with van der Waals surface area (Å²) in [6.07, 6.45) is 0.953. The highest BCUT2D eigenvalue weighted by Crippen LogP contribution is 1.99. The Hall–Kier alpha value is -0.610. The van der Waals surface area contributed by atoms with Crippen LogP contribution < -0.4 is 10.6 Å². The summed E-state index contributed by atoms with van der Waals surface area (Å²) >= 11 is 0. The molecule has 2 atom stereocenters. The molecule has 4 heteroatoms. The molecule has 2 unspecified atom stereocenters. The predicted octanol–water partition coefficient (Wildman–Crippen LogP) is 0.119. The summed E-state index contributed by atoms with van der Waals surface area (Å²) in [5.41, 5.74) is 0. The van der Waals surface area contributed by atoms with E-state index in [1.165, 1.54) is 0 Å². The van der Waals surface area contributed by atoms with E-state index in [2.05, 4.69) is 10.6 Å². The zero-order valence-corrected chi connectivity index (χ0v) is 9.34. The Bertz CT molecular complexity index is 162. The van der Waals surface area contributed by atoms with Gasteiger partial charge in [0.05, 0.1) is 6.54 Å². The summed E-state index contributed by atoms with van der Waals surface area (Å²) in [5.74, 6) is 0.192. The fourth-order valence-electron chi connectivity index (χ4n) is 0.940. The van der Waals surface area contributed by atoms with Crippen molar-refractivity contribution < 1.29 is 9.90 Å². The maximum absolute atomic E-state index is 11.2. The first kappa shape index (κ1) is 13.4. The van der Waals surface area contributed by atoms with Crippen molar-refractivity contribution >= 4 is 5.91 Å². The second-order valence-electron chi connectivity index (χ2n) is 3.68. The normalized spacial score (nSPS) is 14.9. The average Bonchev–Trinajstić information content (AvgIpc) is 2.21. The molecule has 0 saturated carbocycles. The van der Waals surface area contributed by atoms with Crippen LogP contribution in [0.3, 0.4) is 0 Å². The predicted molar refractivity (Wildman–Crippen MR) is 57.0 cm³/mol. The molecule has 0 aromatic carbocycles. The van der Waals surface area contributed by atoms with Gasteiger partial charge >= 0.3 is 0 Å². The number of aliphatic hydroxyl groups excluding tert-OH is 1. The minimum atomic E-state index is 0.0174. The second kappa shape index (κ2) is 7.76. The highest BCUT2D eigenvalue weighted by atomic mass is 16.3. The molecule has 0 aliphatic rings. The van der Waals surface area contributed by atoms with E-state index in [0.29, 0.717) is 6.54 Å². The zero-order valence-electron chi connectivity index (χ0n) is 9.34.